The molecule has 0 aliphatic carbocycles. The monoisotopic (exact) mass is 400 g/mol. The van der Waals surface area contributed by atoms with Gasteiger partial charge in [-0.05, 0) is 41.5 Å². The second kappa shape index (κ2) is 8.82. The van der Waals surface area contributed by atoms with Gasteiger partial charge < -0.3 is 10.4 Å². The minimum absolute atomic E-state index is 0.0288. The Morgan fingerprint density at radius 3 is 2.32 bits per heavy atom. The number of aliphatic hydroxyl groups is 1. The van der Waals surface area contributed by atoms with Crippen molar-refractivity contribution in [3.8, 4) is 0 Å². The van der Waals surface area contributed by atoms with Gasteiger partial charge in [-0.3, -0.25) is 10.1 Å². The molecule has 0 saturated carbocycles. The Morgan fingerprint density at radius 1 is 1.04 bits per heavy atom. The average Bonchev–Trinajstić information content (AvgIpc) is 2.68. The number of halogens is 2. The van der Waals surface area contributed by atoms with Crippen molar-refractivity contribution >= 4 is 23.0 Å². The van der Waals surface area contributed by atoms with E-state index in [0.29, 0.717) is 16.3 Å². The van der Waals surface area contributed by atoms with Crippen molar-refractivity contribution in [2.75, 3.05) is 5.32 Å². The minimum atomic E-state index is -0.854. The fourth-order valence-corrected chi connectivity index (χ4v) is 3.05. The van der Waals surface area contributed by atoms with Crippen molar-refractivity contribution < 1.29 is 14.4 Å². The first-order valence-electron chi connectivity index (χ1n) is 8.62. The van der Waals surface area contributed by atoms with Crippen LogP contribution in [0.25, 0.3) is 0 Å². The van der Waals surface area contributed by atoms with Gasteiger partial charge in [0.25, 0.3) is 5.69 Å². The van der Waals surface area contributed by atoms with Gasteiger partial charge in [0, 0.05) is 29.3 Å². The number of aliphatic hydroxyl groups excluding tert-OH is 1. The highest BCUT2D eigenvalue weighted by Crippen LogP contribution is 2.31. The van der Waals surface area contributed by atoms with Crippen molar-refractivity contribution in [3.05, 3.63) is 105 Å². The van der Waals surface area contributed by atoms with Crippen LogP contribution < -0.4 is 5.32 Å². The topological polar surface area (TPSA) is 75.4 Å². The molecule has 2 unspecified atom stereocenters. The zero-order chi connectivity index (χ0) is 20.1. The van der Waals surface area contributed by atoms with E-state index in [1.807, 2.05) is 12.1 Å². The van der Waals surface area contributed by atoms with Gasteiger partial charge in [-0.2, -0.15) is 0 Å². The molecule has 0 amide bonds. The summed E-state index contributed by atoms with van der Waals surface area (Å²) in [6.07, 6.45) is -0.580. The second-order valence-corrected chi connectivity index (χ2v) is 6.80. The highest BCUT2D eigenvalue weighted by Gasteiger charge is 2.19. The lowest BCUT2D eigenvalue weighted by Gasteiger charge is -2.23. The molecule has 0 aromatic heterocycles. The molecule has 0 heterocycles. The summed E-state index contributed by atoms with van der Waals surface area (Å²) < 4.78 is 13.1. The first kappa shape index (κ1) is 19.8. The molecule has 0 fully saturated rings. The van der Waals surface area contributed by atoms with Gasteiger partial charge in [0.2, 0.25) is 0 Å². The number of non-ortho nitro benzene ring substituents is 1. The van der Waals surface area contributed by atoms with E-state index >= 15 is 0 Å². The lowest BCUT2D eigenvalue weighted by Crippen LogP contribution is -2.15. The Kier molecular flexibility index (Phi) is 6.23. The van der Waals surface area contributed by atoms with E-state index in [1.165, 1.54) is 36.4 Å². The number of nitrogens with one attached hydrogen (secondary N) is 1. The molecule has 0 aliphatic rings. The molecule has 0 aliphatic heterocycles. The quantitative estimate of drug-likeness (QED) is 0.396. The van der Waals surface area contributed by atoms with Gasteiger partial charge in [0.1, 0.15) is 5.82 Å². The average molecular weight is 401 g/mol. The first-order chi connectivity index (χ1) is 13.4. The largest absolute Gasteiger partial charge is 0.388 e. The predicted molar refractivity (Wildman–Crippen MR) is 107 cm³/mol. The van der Waals surface area contributed by atoms with E-state index in [-0.39, 0.29) is 24.0 Å². The van der Waals surface area contributed by atoms with E-state index in [0.717, 1.165) is 5.56 Å². The summed E-state index contributed by atoms with van der Waals surface area (Å²) >= 11 is 5.97. The number of anilines is 1. The summed E-state index contributed by atoms with van der Waals surface area (Å²) in [5, 5.41) is 25.5. The number of nitrogens with zero attached hydrogens (tertiary/aromatic N) is 1. The highest BCUT2D eigenvalue weighted by atomic mass is 35.5. The van der Waals surface area contributed by atoms with Crippen LogP contribution in [-0.4, -0.2) is 10.0 Å². The van der Waals surface area contributed by atoms with Crippen molar-refractivity contribution in [2.45, 2.75) is 18.6 Å². The lowest BCUT2D eigenvalue weighted by molar-refractivity contribution is -0.384. The van der Waals surface area contributed by atoms with E-state index in [4.69, 9.17) is 11.6 Å². The van der Waals surface area contributed by atoms with Crippen LogP contribution in [0.2, 0.25) is 5.02 Å². The van der Waals surface area contributed by atoms with Gasteiger partial charge >= 0.3 is 0 Å². The van der Waals surface area contributed by atoms with Crippen LogP contribution >= 0.6 is 11.6 Å². The van der Waals surface area contributed by atoms with Gasteiger partial charge in [-0.1, -0.05) is 41.9 Å². The molecule has 5 nitrogen and oxygen atoms in total. The van der Waals surface area contributed by atoms with Crippen LogP contribution in [-0.2, 0) is 0 Å². The number of nitro benzene ring substituents is 1. The van der Waals surface area contributed by atoms with E-state index in [1.54, 1.807) is 24.3 Å². The molecule has 3 rings (SSSR count). The maximum Gasteiger partial charge on any atom is 0.271 e. The van der Waals surface area contributed by atoms with Gasteiger partial charge in [-0.15, -0.1) is 0 Å². The summed E-state index contributed by atoms with van der Waals surface area (Å²) in [4.78, 5) is 10.6. The zero-order valence-electron chi connectivity index (χ0n) is 14.8. The molecule has 0 spiro atoms. The maximum atomic E-state index is 13.1. The predicted octanol–water partition coefficient (Wildman–Crippen LogP) is 5.66. The zero-order valence-corrected chi connectivity index (χ0v) is 15.5. The fraction of sp³-hybridized carbons (Fsp3) is 0.143. The fourth-order valence-electron chi connectivity index (χ4n) is 2.93. The molecule has 3 aromatic carbocycles. The smallest absolute Gasteiger partial charge is 0.271 e. The van der Waals surface area contributed by atoms with Gasteiger partial charge in [0.15, 0.2) is 0 Å². The van der Waals surface area contributed by atoms with E-state index in [9.17, 15) is 19.6 Å². The summed E-state index contributed by atoms with van der Waals surface area (Å²) in [6.45, 7) is 0. The van der Waals surface area contributed by atoms with Crippen molar-refractivity contribution in [3.63, 3.8) is 0 Å². The Morgan fingerprint density at radius 2 is 1.68 bits per heavy atom. The van der Waals surface area contributed by atoms with E-state index < -0.39 is 11.0 Å². The third kappa shape index (κ3) is 5.06. The Balaban J connectivity index is 1.86. The van der Waals surface area contributed by atoms with Crippen LogP contribution in [0.15, 0.2) is 72.8 Å². The number of nitro groups is 1. The third-order valence-corrected chi connectivity index (χ3v) is 4.64. The molecule has 0 saturated heterocycles. The third-order valence-electron chi connectivity index (χ3n) is 4.38. The maximum absolute atomic E-state index is 13.1. The molecule has 0 bridgehead atoms. The Bertz CT molecular complexity index is 949. The summed E-state index contributed by atoms with van der Waals surface area (Å²) in [5.41, 5.74) is 1.97. The first-order valence-corrected chi connectivity index (χ1v) is 9.00. The molecule has 28 heavy (non-hydrogen) atoms. The SMILES string of the molecule is O=[N+]([O-])c1cccc(NC(CC(O)c2ccc(F)cc2)c2ccc(Cl)cc2)c1. The number of benzene rings is 3. The summed E-state index contributed by atoms with van der Waals surface area (Å²) in [5.74, 6) is -0.375. The summed E-state index contributed by atoms with van der Waals surface area (Å²) in [6, 6.07) is 18.6. The van der Waals surface area contributed by atoms with Crippen molar-refractivity contribution in [1.29, 1.82) is 0 Å². The second-order valence-electron chi connectivity index (χ2n) is 6.36. The normalized spacial score (nSPS) is 13.0. The molecule has 2 atom stereocenters. The lowest BCUT2D eigenvalue weighted by atomic mass is 9.96. The van der Waals surface area contributed by atoms with Gasteiger partial charge in [-0.25, -0.2) is 4.39 Å². The van der Waals surface area contributed by atoms with Crippen molar-refractivity contribution in [2.24, 2.45) is 0 Å². The van der Waals surface area contributed by atoms with Crippen molar-refractivity contribution in [1.82, 2.24) is 0 Å². The minimum Gasteiger partial charge on any atom is -0.388 e. The standard InChI is InChI=1S/C21H18ClFN2O3/c22-16-8-4-14(5-9-16)20(13-21(26)15-6-10-17(23)11-7-15)24-18-2-1-3-19(12-18)25(27)28/h1-12,20-21,24,26H,13H2. The summed E-state index contributed by atoms with van der Waals surface area (Å²) in [7, 11) is 0. The van der Waals surface area contributed by atoms with E-state index in [2.05, 4.69) is 5.32 Å². The van der Waals surface area contributed by atoms with Crippen LogP contribution in [0.1, 0.15) is 29.7 Å². The van der Waals surface area contributed by atoms with Gasteiger partial charge in [0.05, 0.1) is 17.1 Å². The van der Waals surface area contributed by atoms with Crippen LogP contribution in [0, 0.1) is 15.9 Å². The molecule has 144 valence electrons. The Labute approximate surface area is 166 Å². The molecule has 3 aromatic rings. The van der Waals surface area contributed by atoms with Crippen LogP contribution in [0.3, 0.4) is 0 Å². The number of rotatable bonds is 7. The number of hydrogen-bond acceptors (Lipinski definition) is 4. The molecular weight excluding hydrogens is 383 g/mol. The number of hydrogen-bond donors (Lipinski definition) is 2. The highest BCUT2D eigenvalue weighted by molar-refractivity contribution is 6.30. The molecule has 7 heteroatoms. The molecule has 2 N–H and O–H groups in total. The molecular formula is C21H18ClFN2O3. The Hall–Kier alpha value is -2.96. The molecule has 0 radical (unpaired) electrons. The van der Waals surface area contributed by atoms with Crippen LogP contribution in [0.4, 0.5) is 15.8 Å². The van der Waals surface area contributed by atoms with Crippen LogP contribution in [0.5, 0.6) is 0 Å².